The van der Waals surface area contributed by atoms with Gasteiger partial charge in [0.15, 0.2) is 5.82 Å². The molecule has 2 heterocycles. The summed E-state index contributed by atoms with van der Waals surface area (Å²) in [5.41, 5.74) is 2.97. The molecule has 0 bridgehead atoms. The van der Waals surface area contributed by atoms with Gasteiger partial charge in [-0.05, 0) is 31.9 Å². The van der Waals surface area contributed by atoms with Crippen molar-refractivity contribution in [2.45, 2.75) is 39.7 Å². The Morgan fingerprint density at radius 2 is 2.11 bits per heavy atom. The average molecular weight is 245 g/mol. The van der Waals surface area contributed by atoms with Gasteiger partial charge in [0.2, 0.25) is 0 Å². The molecule has 4 nitrogen and oxygen atoms in total. The molecule has 1 N–H and O–H groups in total. The molecule has 0 aliphatic rings. The fourth-order valence-corrected chi connectivity index (χ4v) is 2.00. The van der Waals surface area contributed by atoms with E-state index in [0.29, 0.717) is 0 Å². The van der Waals surface area contributed by atoms with Gasteiger partial charge in [-0.3, -0.25) is 0 Å². The third-order valence-corrected chi connectivity index (χ3v) is 3.03. The molecular formula is C14H19N3O. The van der Waals surface area contributed by atoms with E-state index in [9.17, 15) is 5.11 Å². The summed E-state index contributed by atoms with van der Waals surface area (Å²) in [6.45, 7) is 5.93. The molecule has 0 aliphatic heterocycles. The normalized spacial score (nSPS) is 12.7. The van der Waals surface area contributed by atoms with Crippen molar-refractivity contribution in [3.63, 3.8) is 0 Å². The van der Waals surface area contributed by atoms with Crippen LogP contribution in [-0.2, 0) is 12.8 Å². The second-order valence-corrected chi connectivity index (χ2v) is 4.34. The quantitative estimate of drug-likeness (QED) is 0.900. The maximum atomic E-state index is 9.81. The van der Waals surface area contributed by atoms with E-state index >= 15 is 0 Å². The smallest absolute Gasteiger partial charge is 0.159 e. The van der Waals surface area contributed by atoms with Crippen LogP contribution in [0.2, 0.25) is 0 Å². The molecule has 0 saturated carbocycles. The summed E-state index contributed by atoms with van der Waals surface area (Å²) >= 11 is 0. The second kappa shape index (κ2) is 5.31. The lowest BCUT2D eigenvalue weighted by atomic mass is 10.1. The van der Waals surface area contributed by atoms with Gasteiger partial charge in [-0.15, -0.1) is 0 Å². The third-order valence-electron chi connectivity index (χ3n) is 3.03. The Labute approximate surface area is 107 Å². The van der Waals surface area contributed by atoms with Gasteiger partial charge < -0.3 is 5.11 Å². The lowest BCUT2D eigenvalue weighted by Gasteiger charge is -2.12. The Bertz CT molecular complexity index is 532. The first kappa shape index (κ1) is 12.8. The minimum absolute atomic E-state index is 0.548. The Kier molecular flexibility index (Phi) is 3.77. The van der Waals surface area contributed by atoms with Gasteiger partial charge in [0.05, 0.1) is 11.8 Å². The Hall–Kier alpha value is -1.68. The van der Waals surface area contributed by atoms with Crippen molar-refractivity contribution in [2.75, 3.05) is 0 Å². The van der Waals surface area contributed by atoms with Gasteiger partial charge in [0, 0.05) is 17.5 Å². The van der Waals surface area contributed by atoms with Crippen LogP contribution in [-0.4, -0.2) is 19.9 Å². The third kappa shape index (κ3) is 2.29. The van der Waals surface area contributed by atoms with Gasteiger partial charge >= 0.3 is 0 Å². The van der Waals surface area contributed by atoms with Crippen LogP contribution in [0.3, 0.4) is 0 Å². The summed E-state index contributed by atoms with van der Waals surface area (Å²) in [6.07, 6.45) is 2.97. The summed E-state index contributed by atoms with van der Waals surface area (Å²) in [4.78, 5) is 4.37. The molecule has 2 rings (SSSR count). The van der Waals surface area contributed by atoms with Crippen LogP contribution in [0.15, 0.2) is 24.4 Å². The molecule has 0 fully saturated rings. The Balaban J connectivity index is 2.57. The van der Waals surface area contributed by atoms with Crippen molar-refractivity contribution in [2.24, 2.45) is 0 Å². The predicted octanol–water partition coefficient (Wildman–Crippen LogP) is 2.45. The minimum atomic E-state index is -0.548. The van der Waals surface area contributed by atoms with E-state index in [1.807, 2.05) is 16.8 Å². The summed E-state index contributed by atoms with van der Waals surface area (Å²) in [7, 11) is 0. The first-order valence-corrected chi connectivity index (χ1v) is 6.38. The highest BCUT2D eigenvalue weighted by molar-refractivity contribution is 5.36. The number of aryl methyl sites for hydroxylation is 2. The summed E-state index contributed by atoms with van der Waals surface area (Å²) in [5, 5.41) is 14.4. The van der Waals surface area contributed by atoms with Crippen LogP contribution in [0.4, 0.5) is 0 Å². The van der Waals surface area contributed by atoms with Crippen molar-refractivity contribution in [1.82, 2.24) is 14.8 Å². The Morgan fingerprint density at radius 1 is 1.33 bits per heavy atom. The monoisotopic (exact) mass is 245 g/mol. The van der Waals surface area contributed by atoms with E-state index in [2.05, 4.69) is 30.0 Å². The first-order chi connectivity index (χ1) is 8.67. The van der Waals surface area contributed by atoms with Crippen molar-refractivity contribution in [1.29, 1.82) is 0 Å². The number of rotatable bonds is 4. The highest BCUT2D eigenvalue weighted by atomic mass is 16.3. The minimum Gasteiger partial charge on any atom is -0.389 e. The number of hydrogen-bond acceptors (Lipinski definition) is 3. The fraction of sp³-hybridized carbons (Fsp3) is 0.429. The largest absolute Gasteiger partial charge is 0.389 e. The van der Waals surface area contributed by atoms with Crippen molar-refractivity contribution < 1.29 is 5.11 Å². The number of aliphatic hydroxyl groups excluding tert-OH is 1. The van der Waals surface area contributed by atoms with E-state index in [4.69, 9.17) is 0 Å². The molecule has 0 saturated heterocycles. The average Bonchev–Trinajstić information content (AvgIpc) is 2.81. The molecule has 4 heteroatoms. The topological polar surface area (TPSA) is 50.9 Å². The van der Waals surface area contributed by atoms with Crippen LogP contribution >= 0.6 is 0 Å². The maximum absolute atomic E-state index is 9.81. The number of aromatic nitrogens is 3. The molecule has 2 aromatic rings. The van der Waals surface area contributed by atoms with E-state index in [-0.39, 0.29) is 0 Å². The van der Waals surface area contributed by atoms with Gasteiger partial charge in [0.25, 0.3) is 0 Å². The number of hydrogen-bond donors (Lipinski definition) is 1. The zero-order valence-electron chi connectivity index (χ0n) is 11.1. The molecule has 0 aromatic carbocycles. The summed E-state index contributed by atoms with van der Waals surface area (Å²) in [5.74, 6) is 0.726. The molecule has 0 amide bonds. The van der Waals surface area contributed by atoms with Gasteiger partial charge in [-0.2, -0.15) is 5.10 Å². The van der Waals surface area contributed by atoms with E-state index < -0.39 is 6.10 Å². The van der Waals surface area contributed by atoms with Crippen LogP contribution in [0.1, 0.15) is 43.8 Å². The highest BCUT2D eigenvalue weighted by Crippen LogP contribution is 2.21. The molecule has 0 spiro atoms. The zero-order chi connectivity index (χ0) is 13.1. The van der Waals surface area contributed by atoms with Crippen molar-refractivity contribution in [3.8, 4) is 5.82 Å². The van der Waals surface area contributed by atoms with Crippen molar-refractivity contribution in [3.05, 3.63) is 41.3 Å². The lowest BCUT2D eigenvalue weighted by molar-refractivity contribution is 0.198. The second-order valence-electron chi connectivity index (χ2n) is 4.34. The SMILES string of the molecule is CCc1cc(CC)n(-c2ncccc2[C@H](C)O)n1. The molecule has 0 aliphatic carbocycles. The summed E-state index contributed by atoms with van der Waals surface area (Å²) in [6, 6.07) is 5.82. The molecular weight excluding hydrogens is 226 g/mol. The van der Waals surface area contributed by atoms with Gasteiger partial charge in [-0.1, -0.05) is 19.9 Å². The van der Waals surface area contributed by atoms with Crippen LogP contribution in [0.25, 0.3) is 5.82 Å². The fourth-order valence-electron chi connectivity index (χ4n) is 2.00. The molecule has 1 atom stereocenters. The number of nitrogens with zero attached hydrogens (tertiary/aromatic N) is 3. The molecule has 0 unspecified atom stereocenters. The summed E-state index contributed by atoms with van der Waals surface area (Å²) < 4.78 is 1.85. The lowest BCUT2D eigenvalue weighted by Crippen LogP contribution is -2.09. The van der Waals surface area contributed by atoms with Crippen molar-refractivity contribution >= 4 is 0 Å². The first-order valence-electron chi connectivity index (χ1n) is 6.38. The predicted molar refractivity (Wildman–Crippen MR) is 70.7 cm³/mol. The van der Waals surface area contributed by atoms with Gasteiger partial charge in [-0.25, -0.2) is 9.67 Å². The molecule has 96 valence electrons. The van der Waals surface area contributed by atoms with E-state index in [1.165, 1.54) is 0 Å². The van der Waals surface area contributed by atoms with Crippen LogP contribution in [0, 0.1) is 0 Å². The maximum Gasteiger partial charge on any atom is 0.159 e. The Morgan fingerprint density at radius 3 is 2.72 bits per heavy atom. The molecule has 2 aromatic heterocycles. The molecule has 18 heavy (non-hydrogen) atoms. The zero-order valence-corrected chi connectivity index (χ0v) is 11.1. The van der Waals surface area contributed by atoms with Crippen LogP contribution < -0.4 is 0 Å². The number of pyridine rings is 1. The number of aliphatic hydroxyl groups is 1. The van der Waals surface area contributed by atoms with Crippen LogP contribution in [0.5, 0.6) is 0 Å². The van der Waals surface area contributed by atoms with E-state index in [1.54, 1.807) is 13.1 Å². The standard InChI is InChI=1S/C14H19N3O/c1-4-11-9-12(5-2)17(16-11)14-13(10(3)18)7-6-8-15-14/h6-10,18H,4-5H2,1-3H3/t10-/m0/s1. The van der Waals surface area contributed by atoms with Gasteiger partial charge in [0.1, 0.15) is 0 Å². The van der Waals surface area contributed by atoms with E-state index in [0.717, 1.165) is 35.6 Å². The highest BCUT2D eigenvalue weighted by Gasteiger charge is 2.14. The molecule has 0 radical (unpaired) electrons.